The molecule has 4 heteroatoms. The molecular weight excluding hydrogens is 278 g/mol. The molecule has 114 valence electrons. The molecule has 4 nitrogen and oxygen atoms in total. The maximum atomic E-state index is 11.6. The molecule has 1 N–H and O–H groups in total. The zero-order chi connectivity index (χ0) is 15.5. The van der Waals surface area contributed by atoms with Crippen LogP contribution in [0.2, 0.25) is 0 Å². The first-order valence-corrected chi connectivity index (χ1v) is 7.34. The largest absolute Gasteiger partial charge is 0.497 e. The lowest BCUT2D eigenvalue weighted by Gasteiger charge is -2.34. The number of carboxylic acids is 1. The zero-order valence-corrected chi connectivity index (χ0v) is 12.5. The maximum Gasteiger partial charge on any atom is 0.321 e. The van der Waals surface area contributed by atoms with Gasteiger partial charge in [-0.05, 0) is 35.2 Å². The first-order valence-electron chi connectivity index (χ1n) is 7.34. The number of hydrogen-bond acceptors (Lipinski definition) is 3. The van der Waals surface area contributed by atoms with E-state index in [0.717, 1.165) is 16.9 Å². The first-order chi connectivity index (χ1) is 10.7. The fourth-order valence-electron chi connectivity index (χ4n) is 2.95. The van der Waals surface area contributed by atoms with Crippen molar-refractivity contribution >= 4 is 5.97 Å². The summed E-state index contributed by atoms with van der Waals surface area (Å²) in [4.78, 5) is 13.6. The van der Waals surface area contributed by atoms with Gasteiger partial charge in [0.2, 0.25) is 0 Å². The number of carbonyl (C=O) groups is 1. The minimum atomic E-state index is -0.761. The molecule has 0 aromatic heterocycles. The molecule has 22 heavy (non-hydrogen) atoms. The fraction of sp³-hybridized carbons (Fsp3) is 0.278. The number of nitrogens with zero attached hydrogens (tertiary/aromatic N) is 1. The van der Waals surface area contributed by atoms with Crippen LogP contribution in [-0.4, -0.2) is 29.1 Å². The van der Waals surface area contributed by atoms with E-state index in [1.54, 1.807) is 7.11 Å². The zero-order valence-electron chi connectivity index (χ0n) is 12.5. The topological polar surface area (TPSA) is 49.8 Å². The van der Waals surface area contributed by atoms with Gasteiger partial charge in [-0.15, -0.1) is 0 Å². The standard InChI is InChI=1S/C18H19NO3/c1-22-16-8-6-13(7-9-16)11-19-12-15-5-3-2-4-14(15)10-17(19)18(20)21/h2-9,17H,10-12H2,1H3,(H,20,21)/t17-/m1/s1. The Labute approximate surface area is 130 Å². The molecule has 0 fully saturated rings. The summed E-state index contributed by atoms with van der Waals surface area (Å²) >= 11 is 0. The van der Waals surface area contributed by atoms with Crippen LogP contribution in [0.3, 0.4) is 0 Å². The van der Waals surface area contributed by atoms with Crippen molar-refractivity contribution in [2.75, 3.05) is 7.11 Å². The van der Waals surface area contributed by atoms with Crippen molar-refractivity contribution < 1.29 is 14.6 Å². The van der Waals surface area contributed by atoms with Crippen LogP contribution in [0.5, 0.6) is 5.75 Å². The molecule has 1 heterocycles. The number of fused-ring (bicyclic) bond motifs is 1. The van der Waals surface area contributed by atoms with Gasteiger partial charge in [0.25, 0.3) is 0 Å². The molecule has 1 aliphatic rings. The minimum Gasteiger partial charge on any atom is -0.497 e. The third-order valence-corrected chi connectivity index (χ3v) is 4.18. The third-order valence-electron chi connectivity index (χ3n) is 4.18. The summed E-state index contributed by atoms with van der Waals surface area (Å²) in [6.45, 7) is 1.29. The van der Waals surface area contributed by atoms with Gasteiger partial charge in [-0.25, -0.2) is 0 Å². The van der Waals surface area contributed by atoms with E-state index < -0.39 is 12.0 Å². The van der Waals surface area contributed by atoms with E-state index >= 15 is 0 Å². The Morgan fingerprint density at radius 3 is 2.50 bits per heavy atom. The highest BCUT2D eigenvalue weighted by molar-refractivity contribution is 5.74. The molecular formula is C18H19NO3. The summed E-state index contributed by atoms with van der Waals surface area (Å²) in [6.07, 6.45) is 0.557. The lowest BCUT2D eigenvalue weighted by atomic mass is 9.93. The van der Waals surface area contributed by atoms with E-state index in [9.17, 15) is 9.90 Å². The molecule has 0 amide bonds. The summed E-state index contributed by atoms with van der Waals surface area (Å²) in [7, 11) is 1.64. The lowest BCUT2D eigenvalue weighted by molar-refractivity contribution is -0.144. The molecule has 0 saturated carbocycles. The Kier molecular flexibility index (Phi) is 4.11. The SMILES string of the molecule is COc1ccc(CN2Cc3ccccc3C[C@@H]2C(=O)O)cc1. The number of benzene rings is 2. The van der Waals surface area contributed by atoms with Crippen LogP contribution in [0.1, 0.15) is 16.7 Å². The fourth-order valence-corrected chi connectivity index (χ4v) is 2.95. The average molecular weight is 297 g/mol. The van der Waals surface area contributed by atoms with Crippen LogP contribution in [0.15, 0.2) is 48.5 Å². The van der Waals surface area contributed by atoms with Crippen molar-refractivity contribution in [1.82, 2.24) is 4.90 Å². The smallest absolute Gasteiger partial charge is 0.321 e. The van der Waals surface area contributed by atoms with Gasteiger partial charge >= 0.3 is 5.97 Å². The molecule has 2 aromatic carbocycles. The summed E-state index contributed by atoms with van der Waals surface area (Å²) in [5.41, 5.74) is 3.45. The van der Waals surface area contributed by atoms with E-state index in [0.29, 0.717) is 19.5 Å². The normalized spacial score (nSPS) is 17.8. The van der Waals surface area contributed by atoms with Gasteiger partial charge in [0, 0.05) is 13.1 Å². The first kappa shape index (κ1) is 14.6. The second-order valence-corrected chi connectivity index (χ2v) is 5.58. The predicted molar refractivity (Wildman–Crippen MR) is 83.8 cm³/mol. The molecule has 0 radical (unpaired) electrons. The predicted octanol–water partition coefficient (Wildman–Crippen LogP) is 2.71. The van der Waals surface area contributed by atoms with Crippen LogP contribution in [-0.2, 0) is 24.3 Å². The van der Waals surface area contributed by atoms with Gasteiger partial charge in [0.05, 0.1) is 7.11 Å². The van der Waals surface area contributed by atoms with Crippen molar-refractivity contribution in [2.45, 2.75) is 25.6 Å². The van der Waals surface area contributed by atoms with E-state index in [4.69, 9.17) is 4.74 Å². The van der Waals surface area contributed by atoms with Crippen molar-refractivity contribution in [3.05, 3.63) is 65.2 Å². The van der Waals surface area contributed by atoms with Gasteiger partial charge in [-0.2, -0.15) is 0 Å². The summed E-state index contributed by atoms with van der Waals surface area (Å²) in [6, 6.07) is 15.4. The van der Waals surface area contributed by atoms with Crippen LogP contribution in [0.4, 0.5) is 0 Å². The van der Waals surface area contributed by atoms with Gasteiger partial charge in [-0.1, -0.05) is 36.4 Å². The van der Waals surface area contributed by atoms with Crippen molar-refractivity contribution in [1.29, 1.82) is 0 Å². The van der Waals surface area contributed by atoms with Gasteiger partial charge < -0.3 is 9.84 Å². The average Bonchev–Trinajstić information content (AvgIpc) is 2.54. The molecule has 1 atom stereocenters. The highest BCUT2D eigenvalue weighted by Gasteiger charge is 2.31. The quantitative estimate of drug-likeness (QED) is 0.942. The molecule has 2 aromatic rings. The Bertz CT molecular complexity index is 666. The lowest BCUT2D eigenvalue weighted by Crippen LogP contribution is -2.44. The number of aliphatic carboxylic acids is 1. The Morgan fingerprint density at radius 2 is 1.86 bits per heavy atom. The maximum absolute atomic E-state index is 11.6. The monoisotopic (exact) mass is 297 g/mol. The number of ether oxygens (including phenoxy) is 1. The van der Waals surface area contributed by atoms with Crippen LogP contribution >= 0.6 is 0 Å². The van der Waals surface area contributed by atoms with Gasteiger partial charge in [0.1, 0.15) is 11.8 Å². The van der Waals surface area contributed by atoms with Gasteiger partial charge in [-0.3, -0.25) is 9.69 Å². The molecule has 3 rings (SSSR count). The van der Waals surface area contributed by atoms with Gasteiger partial charge in [0.15, 0.2) is 0 Å². The highest BCUT2D eigenvalue weighted by Crippen LogP contribution is 2.25. The minimum absolute atomic E-state index is 0.475. The van der Waals surface area contributed by atoms with Crippen LogP contribution in [0, 0.1) is 0 Å². The van der Waals surface area contributed by atoms with Crippen molar-refractivity contribution in [3.63, 3.8) is 0 Å². The summed E-state index contributed by atoms with van der Waals surface area (Å²) in [5, 5.41) is 9.53. The van der Waals surface area contributed by atoms with E-state index in [1.165, 1.54) is 5.56 Å². The van der Waals surface area contributed by atoms with E-state index in [1.807, 2.05) is 47.4 Å². The number of methoxy groups -OCH3 is 1. The Hall–Kier alpha value is -2.33. The Morgan fingerprint density at radius 1 is 1.18 bits per heavy atom. The molecule has 0 bridgehead atoms. The van der Waals surface area contributed by atoms with Crippen LogP contribution in [0.25, 0.3) is 0 Å². The molecule has 0 spiro atoms. The van der Waals surface area contributed by atoms with Crippen LogP contribution < -0.4 is 4.74 Å². The second kappa shape index (κ2) is 6.20. The molecule has 0 saturated heterocycles. The van der Waals surface area contributed by atoms with Crippen molar-refractivity contribution in [2.24, 2.45) is 0 Å². The second-order valence-electron chi connectivity index (χ2n) is 5.58. The number of hydrogen-bond donors (Lipinski definition) is 1. The Balaban J connectivity index is 1.82. The molecule has 1 aliphatic heterocycles. The highest BCUT2D eigenvalue weighted by atomic mass is 16.5. The third kappa shape index (κ3) is 2.97. The summed E-state index contributed by atoms with van der Waals surface area (Å²) in [5.74, 6) is 0.0468. The molecule has 0 aliphatic carbocycles. The summed E-state index contributed by atoms with van der Waals surface area (Å²) < 4.78 is 5.16. The molecule has 0 unspecified atom stereocenters. The van der Waals surface area contributed by atoms with E-state index in [-0.39, 0.29) is 0 Å². The van der Waals surface area contributed by atoms with Crippen molar-refractivity contribution in [3.8, 4) is 5.75 Å². The number of carboxylic acid groups (broad SMARTS) is 1. The number of rotatable bonds is 4. The van der Waals surface area contributed by atoms with E-state index in [2.05, 4.69) is 6.07 Å².